The largest absolute Gasteiger partial charge is 0.496 e. The van der Waals surface area contributed by atoms with Gasteiger partial charge in [-0.3, -0.25) is 0 Å². The van der Waals surface area contributed by atoms with Gasteiger partial charge >= 0.3 is 0 Å². The molecule has 2 rings (SSSR count). The van der Waals surface area contributed by atoms with E-state index in [4.69, 9.17) is 10.5 Å². The van der Waals surface area contributed by atoms with Crippen LogP contribution in [0.4, 0.5) is 8.78 Å². The molecule has 0 aromatic heterocycles. The Labute approximate surface area is 119 Å². The van der Waals surface area contributed by atoms with Crippen molar-refractivity contribution in [3.05, 3.63) is 28.8 Å². The van der Waals surface area contributed by atoms with Gasteiger partial charge in [0, 0.05) is 30.4 Å². The second-order valence-electron chi connectivity index (χ2n) is 5.98. The van der Waals surface area contributed by atoms with Crippen LogP contribution in [0, 0.1) is 13.8 Å². The number of rotatable bonds is 3. The zero-order valence-corrected chi connectivity index (χ0v) is 12.4. The fraction of sp³-hybridized carbons (Fsp3) is 0.625. The average molecular weight is 283 g/mol. The van der Waals surface area contributed by atoms with E-state index in [0.717, 1.165) is 22.4 Å². The molecule has 1 fully saturated rings. The van der Waals surface area contributed by atoms with Crippen LogP contribution in [-0.2, 0) is 5.41 Å². The summed E-state index contributed by atoms with van der Waals surface area (Å²) in [6.45, 7) is 4.42. The van der Waals surface area contributed by atoms with E-state index in [1.807, 2.05) is 19.9 Å². The average Bonchev–Trinajstić information content (AvgIpc) is 2.42. The van der Waals surface area contributed by atoms with Crippen LogP contribution in [0.15, 0.2) is 12.1 Å². The number of halogens is 2. The fourth-order valence-electron chi connectivity index (χ4n) is 3.05. The van der Waals surface area contributed by atoms with E-state index in [0.29, 0.717) is 19.4 Å². The third kappa shape index (κ3) is 2.66. The molecule has 0 radical (unpaired) electrons. The van der Waals surface area contributed by atoms with Gasteiger partial charge in [-0.1, -0.05) is 6.07 Å². The Bertz CT molecular complexity index is 489. The van der Waals surface area contributed by atoms with Crippen LogP contribution < -0.4 is 10.5 Å². The van der Waals surface area contributed by atoms with Crippen molar-refractivity contribution >= 4 is 0 Å². The molecule has 1 aromatic rings. The lowest BCUT2D eigenvalue weighted by molar-refractivity contribution is -0.0511. The summed E-state index contributed by atoms with van der Waals surface area (Å²) in [5.74, 6) is -1.78. The van der Waals surface area contributed by atoms with E-state index in [1.165, 1.54) is 0 Å². The van der Waals surface area contributed by atoms with E-state index in [1.54, 1.807) is 7.11 Å². The number of methoxy groups -OCH3 is 1. The Kier molecular flexibility index (Phi) is 4.05. The highest BCUT2D eigenvalue weighted by Crippen LogP contribution is 2.47. The maximum absolute atomic E-state index is 13.5. The molecule has 0 saturated heterocycles. The van der Waals surface area contributed by atoms with Crippen molar-refractivity contribution in [1.29, 1.82) is 0 Å². The van der Waals surface area contributed by atoms with Gasteiger partial charge in [-0.15, -0.1) is 0 Å². The third-order valence-corrected chi connectivity index (χ3v) is 4.72. The molecule has 1 saturated carbocycles. The summed E-state index contributed by atoms with van der Waals surface area (Å²) in [5.41, 5.74) is 8.86. The maximum Gasteiger partial charge on any atom is 0.248 e. The first-order chi connectivity index (χ1) is 9.33. The number of hydrogen-bond acceptors (Lipinski definition) is 2. The molecule has 0 atom stereocenters. The van der Waals surface area contributed by atoms with Gasteiger partial charge in [-0.2, -0.15) is 0 Å². The molecule has 1 aromatic carbocycles. The van der Waals surface area contributed by atoms with Gasteiger partial charge in [0.25, 0.3) is 0 Å². The van der Waals surface area contributed by atoms with E-state index in [-0.39, 0.29) is 18.3 Å². The Morgan fingerprint density at radius 3 is 2.15 bits per heavy atom. The lowest BCUT2D eigenvalue weighted by Crippen LogP contribution is -2.42. The molecule has 1 aliphatic rings. The van der Waals surface area contributed by atoms with Crippen molar-refractivity contribution in [2.45, 2.75) is 50.9 Å². The SMILES string of the molecule is COc1cc(C)c(C)cc1C1(CN)CCC(F)(F)CC1. The number of benzene rings is 1. The van der Waals surface area contributed by atoms with Gasteiger partial charge in [0.05, 0.1) is 7.11 Å². The minimum atomic E-state index is -2.55. The first kappa shape index (κ1) is 15.2. The number of hydrogen-bond donors (Lipinski definition) is 1. The van der Waals surface area contributed by atoms with Crippen LogP contribution in [0.1, 0.15) is 42.4 Å². The number of nitrogens with two attached hydrogens (primary N) is 1. The minimum Gasteiger partial charge on any atom is -0.496 e. The molecule has 0 aliphatic heterocycles. The van der Waals surface area contributed by atoms with Gasteiger partial charge in [0.15, 0.2) is 0 Å². The van der Waals surface area contributed by atoms with Crippen molar-refractivity contribution in [2.24, 2.45) is 5.73 Å². The van der Waals surface area contributed by atoms with Crippen LogP contribution in [-0.4, -0.2) is 19.6 Å². The molecule has 0 unspecified atom stereocenters. The van der Waals surface area contributed by atoms with Crippen molar-refractivity contribution in [3.63, 3.8) is 0 Å². The normalized spacial score (nSPS) is 20.7. The van der Waals surface area contributed by atoms with Crippen LogP contribution in [0.2, 0.25) is 0 Å². The highest BCUT2D eigenvalue weighted by Gasteiger charge is 2.44. The Balaban J connectivity index is 2.44. The summed E-state index contributed by atoms with van der Waals surface area (Å²) in [5, 5.41) is 0. The van der Waals surface area contributed by atoms with Gasteiger partial charge in [-0.05, 0) is 43.9 Å². The number of ether oxygens (including phenoxy) is 1. The highest BCUT2D eigenvalue weighted by atomic mass is 19.3. The van der Waals surface area contributed by atoms with Crippen molar-refractivity contribution in [1.82, 2.24) is 0 Å². The number of aryl methyl sites for hydroxylation is 2. The first-order valence-corrected chi connectivity index (χ1v) is 7.07. The van der Waals surface area contributed by atoms with Gasteiger partial charge < -0.3 is 10.5 Å². The summed E-state index contributed by atoms with van der Waals surface area (Å²) >= 11 is 0. The zero-order valence-electron chi connectivity index (χ0n) is 12.4. The molecule has 0 spiro atoms. The van der Waals surface area contributed by atoms with Crippen molar-refractivity contribution < 1.29 is 13.5 Å². The highest BCUT2D eigenvalue weighted by molar-refractivity contribution is 5.46. The predicted molar refractivity (Wildman–Crippen MR) is 76.6 cm³/mol. The molecular weight excluding hydrogens is 260 g/mol. The summed E-state index contributed by atoms with van der Waals surface area (Å²) in [6, 6.07) is 4.04. The summed E-state index contributed by atoms with van der Waals surface area (Å²) < 4.78 is 32.4. The molecule has 0 bridgehead atoms. The lowest BCUT2D eigenvalue weighted by Gasteiger charge is -2.40. The van der Waals surface area contributed by atoms with Gasteiger partial charge in [-0.25, -0.2) is 8.78 Å². The molecule has 20 heavy (non-hydrogen) atoms. The molecule has 2 nitrogen and oxygen atoms in total. The second-order valence-corrected chi connectivity index (χ2v) is 5.98. The van der Waals surface area contributed by atoms with Crippen LogP contribution >= 0.6 is 0 Å². The standard InChI is InChI=1S/C16H23F2NO/c1-11-8-13(14(20-3)9-12(11)2)15(10-19)4-6-16(17,18)7-5-15/h8-9H,4-7,10,19H2,1-3H3. The molecule has 0 amide bonds. The van der Waals surface area contributed by atoms with E-state index in [2.05, 4.69) is 6.07 Å². The smallest absolute Gasteiger partial charge is 0.248 e. The quantitative estimate of drug-likeness (QED) is 0.917. The monoisotopic (exact) mass is 283 g/mol. The zero-order chi connectivity index (χ0) is 15.0. The second kappa shape index (κ2) is 5.32. The lowest BCUT2D eigenvalue weighted by atomic mass is 9.67. The Morgan fingerprint density at radius 1 is 1.10 bits per heavy atom. The Morgan fingerprint density at radius 2 is 1.65 bits per heavy atom. The van der Waals surface area contributed by atoms with Crippen LogP contribution in [0.5, 0.6) is 5.75 Å². The summed E-state index contributed by atoms with van der Waals surface area (Å²) in [6.07, 6.45) is 0.630. The van der Waals surface area contributed by atoms with Crippen LogP contribution in [0.25, 0.3) is 0 Å². The summed E-state index contributed by atoms with van der Waals surface area (Å²) in [4.78, 5) is 0. The topological polar surface area (TPSA) is 35.2 Å². The third-order valence-electron chi connectivity index (χ3n) is 4.72. The van der Waals surface area contributed by atoms with Gasteiger partial charge in [0.1, 0.15) is 5.75 Å². The molecule has 2 N–H and O–H groups in total. The van der Waals surface area contributed by atoms with E-state index >= 15 is 0 Å². The fourth-order valence-corrected chi connectivity index (χ4v) is 3.05. The molecule has 1 aliphatic carbocycles. The first-order valence-electron chi connectivity index (χ1n) is 7.07. The molecular formula is C16H23F2NO. The number of alkyl halides is 2. The molecule has 112 valence electrons. The Hall–Kier alpha value is -1.16. The predicted octanol–water partition coefficient (Wildman–Crippen LogP) is 3.72. The van der Waals surface area contributed by atoms with Crippen molar-refractivity contribution in [2.75, 3.05) is 13.7 Å². The summed E-state index contributed by atoms with van der Waals surface area (Å²) in [7, 11) is 1.62. The van der Waals surface area contributed by atoms with Crippen molar-refractivity contribution in [3.8, 4) is 5.75 Å². The van der Waals surface area contributed by atoms with E-state index < -0.39 is 5.92 Å². The van der Waals surface area contributed by atoms with Gasteiger partial charge in [0.2, 0.25) is 5.92 Å². The molecule has 0 heterocycles. The molecule has 4 heteroatoms. The van der Waals surface area contributed by atoms with Crippen LogP contribution in [0.3, 0.4) is 0 Å². The minimum absolute atomic E-state index is 0.0969. The van der Waals surface area contributed by atoms with E-state index in [9.17, 15) is 8.78 Å². The maximum atomic E-state index is 13.5.